The molecular weight excluding hydrogens is 286 g/mol. The molecule has 0 atom stereocenters. The monoisotopic (exact) mass is 295 g/mol. The maximum atomic E-state index is 6.13. The molecule has 0 unspecified atom stereocenters. The van der Waals surface area contributed by atoms with Gasteiger partial charge in [-0.15, -0.1) is 22.7 Å². The topological polar surface area (TPSA) is 37.8 Å². The first-order valence-corrected chi connectivity index (χ1v) is 7.54. The molecule has 0 fully saturated rings. The van der Waals surface area contributed by atoms with E-state index in [2.05, 4.69) is 15.3 Å². The average Bonchev–Trinajstić information content (AvgIpc) is 2.97. The van der Waals surface area contributed by atoms with E-state index in [1.807, 2.05) is 29.9 Å². The van der Waals surface area contributed by atoms with Crippen LogP contribution < -0.4 is 5.32 Å². The number of fused-ring (bicyclic) bond motifs is 1. The second kappa shape index (κ2) is 4.84. The number of hydrogen-bond acceptors (Lipinski definition) is 5. The zero-order valence-corrected chi connectivity index (χ0v) is 12.0. The van der Waals surface area contributed by atoms with Gasteiger partial charge >= 0.3 is 0 Å². The molecule has 92 valence electrons. The molecule has 1 N–H and O–H groups in total. The highest BCUT2D eigenvalue weighted by Gasteiger charge is 2.09. The highest BCUT2D eigenvalue weighted by Crippen LogP contribution is 2.34. The Balaban J connectivity index is 1.95. The van der Waals surface area contributed by atoms with Gasteiger partial charge in [0.2, 0.25) is 0 Å². The van der Waals surface area contributed by atoms with Gasteiger partial charge in [0.1, 0.15) is 10.5 Å². The van der Waals surface area contributed by atoms with Gasteiger partial charge in [-0.1, -0.05) is 11.6 Å². The molecule has 0 spiro atoms. The van der Waals surface area contributed by atoms with E-state index in [0.717, 1.165) is 38.2 Å². The quantitative estimate of drug-likeness (QED) is 0.781. The summed E-state index contributed by atoms with van der Waals surface area (Å²) < 4.78 is 1.10. The third-order valence-electron chi connectivity index (χ3n) is 2.52. The van der Waals surface area contributed by atoms with Crippen molar-refractivity contribution in [2.75, 3.05) is 5.32 Å². The van der Waals surface area contributed by atoms with E-state index in [1.54, 1.807) is 22.7 Å². The standard InChI is InChI=1S/C12H10ClN3S2/c1-7-4-9(15-5-10-14-2-3-17-10)12-11(16-7)8(13)6-18-12/h2-4,6H,5H2,1H3,(H,15,16). The first-order valence-electron chi connectivity index (χ1n) is 5.40. The number of nitrogens with zero attached hydrogens (tertiary/aromatic N) is 2. The van der Waals surface area contributed by atoms with Crippen molar-refractivity contribution < 1.29 is 0 Å². The van der Waals surface area contributed by atoms with Gasteiger partial charge in [-0.05, 0) is 13.0 Å². The lowest BCUT2D eigenvalue weighted by Crippen LogP contribution is -1.99. The van der Waals surface area contributed by atoms with E-state index < -0.39 is 0 Å². The molecule has 3 aromatic rings. The summed E-state index contributed by atoms with van der Waals surface area (Å²) in [4.78, 5) is 8.72. The highest BCUT2D eigenvalue weighted by atomic mass is 35.5. The molecule has 0 bridgehead atoms. The molecule has 0 aliphatic heterocycles. The van der Waals surface area contributed by atoms with Crippen molar-refractivity contribution in [2.45, 2.75) is 13.5 Å². The first-order chi connectivity index (χ1) is 8.74. The van der Waals surface area contributed by atoms with Crippen molar-refractivity contribution in [3.63, 3.8) is 0 Å². The smallest absolute Gasteiger partial charge is 0.112 e. The molecule has 3 heterocycles. The van der Waals surface area contributed by atoms with E-state index >= 15 is 0 Å². The van der Waals surface area contributed by atoms with E-state index in [-0.39, 0.29) is 0 Å². The molecule has 3 rings (SSSR count). The lowest BCUT2D eigenvalue weighted by molar-refractivity contribution is 1.10. The van der Waals surface area contributed by atoms with Gasteiger partial charge in [0.25, 0.3) is 0 Å². The van der Waals surface area contributed by atoms with E-state index in [1.165, 1.54) is 0 Å². The largest absolute Gasteiger partial charge is 0.377 e. The van der Waals surface area contributed by atoms with E-state index in [9.17, 15) is 0 Å². The fraction of sp³-hybridized carbons (Fsp3) is 0.167. The maximum absolute atomic E-state index is 6.13. The van der Waals surface area contributed by atoms with Gasteiger partial charge in [-0.3, -0.25) is 4.98 Å². The van der Waals surface area contributed by atoms with Gasteiger partial charge in [-0.25, -0.2) is 4.98 Å². The van der Waals surface area contributed by atoms with Crippen LogP contribution in [-0.2, 0) is 6.54 Å². The van der Waals surface area contributed by atoms with Crippen molar-refractivity contribution in [1.29, 1.82) is 0 Å². The minimum absolute atomic E-state index is 0.719. The van der Waals surface area contributed by atoms with Crippen molar-refractivity contribution in [3.8, 4) is 0 Å². The van der Waals surface area contributed by atoms with Crippen LogP contribution in [0.1, 0.15) is 10.7 Å². The van der Waals surface area contributed by atoms with E-state index in [4.69, 9.17) is 11.6 Å². The Morgan fingerprint density at radius 3 is 3.06 bits per heavy atom. The molecule has 0 aromatic carbocycles. The predicted octanol–water partition coefficient (Wildman–Crippen LogP) is 4.33. The second-order valence-corrected chi connectivity index (χ2v) is 6.12. The summed E-state index contributed by atoms with van der Waals surface area (Å²) >= 11 is 9.38. The van der Waals surface area contributed by atoms with Crippen molar-refractivity contribution in [2.24, 2.45) is 0 Å². The summed E-state index contributed by atoms with van der Waals surface area (Å²) in [5.74, 6) is 0. The Labute approximate surface area is 117 Å². The fourth-order valence-electron chi connectivity index (χ4n) is 1.75. The number of nitrogens with one attached hydrogen (secondary N) is 1. The Bertz CT molecular complexity index is 676. The molecule has 0 saturated carbocycles. The predicted molar refractivity (Wildman–Crippen MR) is 78.8 cm³/mol. The molecule has 18 heavy (non-hydrogen) atoms. The van der Waals surface area contributed by atoms with Gasteiger partial charge < -0.3 is 5.32 Å². The van der Waals surface area contributed by atoms with Crippen LogP contribution in [-0.4, -0.2) is 9.97 Å². The molecule has 0 aliphatic carbocycles. The Hall–Kier alpha value is -1.17. The molecule has 0 radical (unpaired) electrons. The minimum Gasteiger partial charge on any atom is -0.377 e. The number of halogens is 1. The summed E-state index contributed by atoms with van der Waals surface area (Å²) in [5.41, 5.74) is 2.91. The molecule has 0 aliphatic rings. The van der Waals surface area contributed by atoms with Gasteiger partial charge in [-0.2, -0.15) is 0 Å². The van der Waals surface area contributed by atoms with Crippen LogP contribution in [0, 0.1) is 6.92 Å². The normalized spacial score (nSPS) is 11.0. The summed E-state index contributed by atoms with van der Waals surface area (Å²) in [6.45, 7) is 2.70. The Kier molecular flexibility index (Phi) is 3.20. The van der Waals surface area contributed by atoms with Gasteiger partial charge in [0.05, 0.1) is 22.0 Å². The third-order valence-corrected chi connectivity index (χ3v) is 4.72. The molecule has 3 nitrogen and oxygen atoms in total. The maximum Gasteiger partial charge on any atom is 0.112 e. The second-order valence-electron chi connectivity index (χ2n) is 3.85. The van der Waals surface area contributed by atoms with Gasteiger partial charge in [0, 0.05) is 22.7 Å². The minimum atomic E-state index is 0.719. The number of aromatic nitrogens is 2. The Morgan fingerprint density at radius 1 is 1.39 bits per heavy atom. The lowest BCUT2D eigenvalue weighted by Gasteiger charge is -2.06. The molecule has 0 saturated heterocycles. The Morgan fingerprint density at radius 2 is 2.28 bits per heavy atom. The number of pyridine rings is 1. The lowest BCUT2D eigenvalue weighted by atomic mass is 10.3. The van der Waals surface area contributed by atoms with Crippen LogP contribution in [0.4, 0.5) is 5.69 Å². The number of thiophene rings is 1. The SMILES string of the molecule is Cc1cc(NCc2nccs2)c2scc(Cl)c2n1. The molecular formula is C12H10ClN3S2. The van der Waals surface area contributed by atoms with Crippen molar-refractivity contribution in [3.05, 3.63) is 38.7 Å². The van der Waals surface area contributed by atoms with E-state index in [0.29, 0.717) is 0 Å². The number of anilines is 1. The summed E-state index contributed by atoms with van der Waals surface area (Å²) in [7, 11) is 0. The van der Waals surface area contributed by atoms with Crippen LogP contribution in [0.3, 0.4) is 0 Å². The average molecular weight is 296 g/mol. The third kappa shape index (κ3) is 2.21. The van der Waals surface area contributed by atoms with Crippen LogP contribution in [0.25, 0.3) is 10.2 Å². The number of aryl methyl sites for hydroxylation is 1. The molecule has 6 heteroatoms. The summed E-state index contributed by atoms with van der Waals surface area (Å²) in [6.07, 6.45) is 1.82. The van der Waals surface area contributed by atoms with Crippen LogP contribution >= 0.6 is 34.3 Å². The summed E-state index contributed by atoms with van der Waals surface area (Å²) in [6, 6.07) is 2.04. The number of hydrogen-bond donors (Lipinski definition) is 1. The zero-order chi connectivity index (χ0) is 12.5. The molecule has 3 aromatic heterocycles. The number of thiazole rings is 1. The molecule has 0 amide bonds. The van der Waals surface area contributed by atoms with Crippen LogP contribution in [0.5, 0.6) is 0 Å². The van der Waals surface area contributed by atoms with Crippen LogP contribution in [0.2, 0.25) is 5.02 Å². The van der Waals surface area contributed by atoms with Gasteiger partial charge in [0.15, 0.2) is 0 Å². The first kappa shape index (κ1) is 11.9. The van der Waals surface area contributed by atoms with Crippen molar-refractivity contribution in [1.82, 2.24) is 9.97 Å². The number of rotatable bonds is 3. The highest BCUT2D eigenvalue weighted by molar-refractivity contribution is 7.18. The summed E-state index contributed by atoms with van der Waals surface area (Å²) in [5, 5.41) is 9.09. The van der Waals surface area contributed by atoms with Crippen LogP contribution in [0.15, 0.2) is 23.0 Å². The fourth-order valence-corrected chi connectivity index (χ4v) is 3.49. The zero-order valence-electron chi connectivity index (χ0n) is 9.61. The van der Waals surface area contributed by atoms with Crippen molar-refractivity contribution >= 4 is 50.2 Å².